The van der Waals surface area contributed by atoms with Crippen molar-refractivity contribution in [1.29, 1.82) is 0 Å². The first-order chi connectivity index (χ1) is 8.79. The maximum atomic E-state index is 11.7. The molecule has 2 aromatic rings. The van der Waals surface area contributed by atoms with Crippen molar-refractivity contribution < 1.29 is 4.79 Å². The first-order valence-electron chi connectivity index (χ1n) is 5.61. The average molecular weight is 259 g/mol. The number of carbonyl (C=O) groups is 1. The summed E-state index contributed by atoms with van der Waals surface area (Å²) in [5, 5.41) is 3.91. The van der Waals surface area contributed by atoms with Gasteiger partial charge in [-0.05, 0) is 36.2 Å². The van der Waals surface area contributed by atoms with Crippen LogP contribution in [0.1, 0.15) is 27.0 Å². The number of hydrogen-bond acceptors (Lipinski definition) is 4. The van der Waals surface area contributed by atoms with Gasteiger partial charge in [-0.1, -0.05) is 6.92 Å². The second-order valence-electron chi connectivity index (χ2n) is 3.60. The van der Waals surface area contributed by atoms with Gasteiger partial charge >= 0.3 is 0 Å². The Morgan fingerprint density at radius 1 is 1.39 bits per heavy atom. The van der Waals surface area contributed by atoms with E-state index in [0.29, 0.717) is 4.88 Å². The standard InChI is InChI=1S/C13H13N3OS/c1-2-11-3-4-12(18-11)13(17)16-15-9-10-5-7-14-8-6-10/h3-9H,2H2,1H3,(H,16,17). The third kappa shape index (κ3) is 3.24. The van der Waals surface area contributed by atoms with E-state index in [4.69, 9.17) is 0 Å². The molecule has 0 aliphatic rings. The average Bonchev–Trinajstić information content (AvgIpc) is 2.89. The van der Waals surface area contributed by atoms with Crippen LogP contribution in [0.2, 0.25) is 0 Å². The van der Waals surface area contributed by atoms with E-state index >= 15 is 0 Å². The predicted molar refractivity (Wildman–Crippen MR) is 73.0 cm³/mol. The minimum Gasteiger partial charge on any atom is -0.266 e. The smallest absolute Gasteiger partial charge is 0.266 e. The Morgan fingerprint density at radius 2 is 2.17 bits per heavy atom. The van der Waals surface area contributed by atoms with Crippen LogP contribution >= 0.6 is 11.3 Å². The lowest BCUT2D eigenvalue weighted by atomic mass is 10.3. The molecule has 0 aliphatic heterocycles. The minimum atomic E-state index is -0.176. The number of nitrogens with one attached hydrogen (secondary N) is 1. The molecule has 0 bridgehead atoms. The molecule has 2 aromatic heterocycles. The molecule has 92 valence electrons. The summed E-state index contributed by atoms with van der Waals surface area (Å²) in [5.41, 5.74) is 3.40. The fourth-order valence-corrected chi connectivity index (χ4v) is 2.20. The maximum Gasteiger partial charge on any atom is 0.281 e. The summed E-state index contributed by atoms with van der Waals surface area (Å²) >= 11 is 1.49. The monoisotopic (exact) mass is 259 g/mol. The normalized spacial score (nSPS) is 10.7. The quantitative estimate of drug-likeness (QED) is 0.677. The van der Waals surface area contributed by atoms with Crippen molar-refractivity contribution in [3.63, 3.8) is 0 Å². The van der Waals surface area contributed by atoms with Crippen molar-refractivity contribution in [3.05, 3.63) is 52.0 Å². The Morgan fingerprint density at radius 3 is 2.83 bits per heavy atom. The summed E-state index contributed by atoms with van der Waals surface area (Å²) < 4.78 is 0. The summed E-state index contributed by atoms with van der Waals surface area (Å²) in [6.07, 6.45) is 5.89. The molecule has 2 rings (SSSR count). The van der Waals surface area contributed by atoms with Crippen LogP contribution in [-0.4, -0.2) is 17.1 Å². The number of nitrogens with zero attached hydrogens (tertiary/aromatic N) is 2. The molecule has 18 heavy (non-hydrogen) atoms. The summed E-state index contributed by atoms with van der Waals surface area (Å²) in [4.78, 5) is 17.5. The van der Waals surface area contributed by atoms with Crippen molar-refractivity contribution in [1.82, 2.24) is 10.4 Å². The van der Waals surface area contributed by atoms with Gasteiger partial charge in [0.05, 0.1) is 11.1 Å². The highest BCUT2D eigenvalue weighted by molar-refractivity contribution is 7.14. The molecule has 1 N–H and O–H groups in total. The number of thiophene rings is 1. The predicted octanol–water partition coefficient (Wildman–Crippen LogP) is 2.47. The van der Waals surface area contributed by atoms with Gasteiger partial charge in [-0.2, -0.15) is 5.10 Å². The highest BCUT2D eigenvalue weighted by atomic mass is 32.1. The van der Waals surface area contributed by atoms with Crippen LogP contribution < -0.4 is 5.43 Å². The zero-order valence-electron chi connectivity index (χ0n) is 9.96. The minimum absolute atomic E-state index is 0.176. The van der Waals surface area contributed by atoms with Crippen molar-refractivity contribution in [2.24, 2.45) is 5.10 Å². The van der Waals surface area contributed by atoms with Crippen molar-refractivity contribution >= 4 is 23.5 Å². The Kier molecular flexibility index (Phi) is 4.20. The fourth-order valence-electron chi connectivity index (χ4n) is 1.36. The topological polar surface area (TPSA) is 54.4 Å². The van der Waals surface area contributed by atoms with E-state index in [1.165, 1.54) is 16.2 Å². The molecule has 0 unspecified atom stereocenters. The molecule has 0 spiro atoms. The molecule has 0 aromatic carbocycles. The van der Waals surface area contributed by atoms with Crippen LogP contribution in [0, 0.1) is 0 Å². The number of carbonyl (C=O) groups excluding carboxylic acids is 1. The van der Waals surface area contributed by atoms with Crippen LogP contribution in [0.3, 0.4) is 0 Å². The molecule has 0 fully saturated rings. The van der Waals surface area contributed by atoms with Gasteiger partial charge < -0.3 is 0 Å². The van der Waals surface area contributed by atoms with E-state index in [-0.39, 0.29) is 5.91 Å². The number of amides is 1. The van der Waals surface area contributed by atoms with Gasteiger partial charge in [0.25, 0.3) is 5.91 Å². The Bertz CT molecular complexity index is 548. The number of hydrazone groups is 1. The molecule has 0 saturated carbocycles. The highest BCUT2D eigenvalue weighted by Gasteiger charge is 2.06. The molecule has 4 nitrogen and oxygen atoms in total. The summed E-state index contributed by atoms with van der Waals surface area (Å²) in [5.74, 6) is -0.176. The number of aromatic nitrogens is 1. The van der Waals surface area contributed by atoms with E-state index in [1.807, 2.05) is 24.3 Å². The van der Waals surface area contributed by atoms with Gasteiger partial charge in [-0.15, -0.1) is 11.3 Å². The Labute approximate surface area is 109 Å². The summed E-state index contributed by atoms with van der Waals surface area (Å²) in [6, 6.07) is 7.42. The zero-order valence-corrected chi connectivity index (χ0v) is 10.8. The van der Waals surface area contributed by atoms with Gasteiger partial charge in [-0.25, -0.2) is 5.43 Å². The summed E-state index contributed by atoms with van der Waals surface area (Å²) in [6.45, 7) is 2.06. The Hall–Kier alpha value is -2.01. The van der Waals surface area contributed by atoms with Crippen LogP contribution in [0.4, 0.5) is 0 Å². The van der Waals surface area contributed by atoms with Crippen molar-refractivity contribution in [3.8, 4) is 0 Å². The van der Waals surface area contributed by atoms with Crippen LogP contribution in [0.25, 0.3) is 0 Å². The largest absolute Gasteiger partial charge is 0.281 e. The lowest BCUT2D eigenvalue weighted by Crippen LogP contribution is -2.16. The SMILES string of the molecule is CCc1ccc(C(=O)NN=Cc2ccncc2)s1. The molecule has 0 atom stereocenters. The fraction of sp³-hybridized carbons (Fsp3) is 0.154. The van der Waals surface area contributed by atoms with E-state index in [0.717, 1.165) is 12.0 Å². The van der Waals surface area contributed by atoms with Crippen LogP contribution in [0.15, 0.2) is 41.8 Å². The summed E-state index contributed by atoms with van der Waals surface area (Å²) in [7, 11) is 0. The third-order valence-corrected chi connectivity index (χ3v) is 3.55. The molecule has 2 heterocycles. The van der Waals surface area contributed by atoms with Gasteiger partial charge in [-0.3, -0.25) is 9.78 Å². The van der Waals surface area contributed by atoms with E-state index in [2.05, 4.69) is 22.4 Å². The van der Waals surface area contributed by atoms with Gasteiger partial charge in [0.15, 0.2) is 0 Å². The maximum absolute atomic E-state index is 11.7. The second kappa shape index (κ2) is 6.07. The molecular formula is C13H13N3OS. The van der Waals surface area contributed by atoms with Crippen LogP contribution in [0.5, 0.6) is 0 Å². The van der Waals surface area contributed by atoms with Crippen molar-refractivity contribution in [2.45, 2.75) is 13.3 Å². The number of rotatable bonds is 4. The molecule has 0 radical (unpaired) electrons. The first-order valence-corrected chi connectivity index (χ1v) is 6.43. The van der Waals surface area contributed by atoms with Gasteiger partial charge in [0.1, 0.15) is 0 Å². The van der Waals surface area contributed by atoms with E-state index in [9.17, 15) is 4.79 Å². The van der Waals surface area contributed by atoms with Crippen LogP contribution in [-0.2, 0) is 6.42 Å². The highest BCUT2D eigenvalue weighted by Crippen LogP contribution is 2.16. The molecule has 0 saturated heterocycles. The van der Waals surface area contributed by atoms with Gasteiger partial charge in [0, 0.05) is 17.3 Å². The Balaban J connectivity index is 1.94. The first kappa shape index (κ1) is 12.4. The zero-order chi connectivity index (χ0) is 12.8. The molecule has 5 heteroatoms. The van der Waals surface area contributed by atoms with Gasteiger partial charge in [0.2, 0.25) is 0 Å². The van der Waals surface area contributed by atoms with E-state index < -0.39 is 0 Å². The van der Waals surface area contributed by atoms with Crippen molar-refractivity contribution in [2.75, 3.05) is 0 Å². The number of aryl methyl sites for hydroxylation is 1. The molecular weight excluding hydrogens is 246 g/mol. The third-order valence-electron chi connectivity index (χ3n) is 2.32. The van der Waals surface area contributed by atoms with E-state index in [1.54, 1.807) is 18.6 Å². The number of pyridine rings is 1. The lowest BCUT2D eigenvalue weighted by molar-refractivity contribution is 0.0959. The molecule has 1 amide bonds. The molecule has 0 aliphatic carbocycles. The lowest BCUT2D eigenvalue weighted by Gasteiger charge is -1.95. The second-order valence-corrected chi connectivity index (χ2v) is 4.77. The number of hydrogen-bond donors (Lipinski definition) is 1.